The van der Waals surface area contributed by atoms with E-state index in [2.05, 4.69) is 21.2 Å². The summed E-state index contributed by atoms with van der Waals surface area (Å²) in [5.41, 5.74) is 8.27. The third-order valence-corrected chi connectivity index (χ3v) is 3.81. The Morgan fingerprint density at radius 3 is 2.76 bits per heavy atom. The standard InChI is InChI=1S/C13H17BrN2O/c1-7-5-10(14)6-11(12(7)15)16-13(17)8(2)9-3-4-9/h5-6,8-9H,3-4,15H2,1-2H3,(H,16,17). The molecule has 17 heavy (non-hydrogen) atoms. The van der Waals surface area contributed by atoms with Crippen LogP contribution in [0.4, 0.5) is 11.4 Å². The molecule has 2 rings (SSSR count). The van der Waals surface area contributed by atoms with Crippen LogP contribution < -0.4 is 11.1 Å². The van der Waals surface area contributed by atoms with E-state index in [4.69, 9.17) is 5.73 Å². The number of hydrogen-bond donors (Lipinski definition) is 2. The van der Waals surface area contributed by atoms with Crippen molar-refractivity contribution in [1.82, 2.24) is 0 Å². The number of benzene rings is 1. The van der Waals surface area contributed by atoms with Crippen LogP contribution in [-0.4, -0.2) is 5.91 Å². The SMILES string of the molecule is Cc1cc(Br)cc(NC(=O)C(C)C2CC2)c1N. The maximum absolute atomic E-state index is 12.0. The van der Waals surface area contributed by atoms with Crippen LogP contribution in [0.25, 0.3) is 0 Å². The normalized spacial score (nSPS) is 16.6. The number of carbonyl (C=O) groups is 1. The van der Waals surface area contributed by atoms with Gasteiger partial charge >= 0.3 is 0 Å². The third-order valence-electron chi connectivity index (χ3n) is 3.35. The van der Waals surface area contributed by atoms with Crippen LogP contribution in [0, 0.1) is 18.8 Å². The van der Waals surface area contributed by atoms with Crippen LogP contribution in [0.3, 0.4) is 0 Å². The number of nitrogen functional groups attached to an aromatic ring is 1. The first kappa shape index (κ1) is 12.4. The monoisotopic (exact) mass is 296 g/mol. The maximum atomic E-state index is 12.0. The fourth-order valence-electron chi connectivity index (χ4n) is 1.91. The van der Waals surface area contributed by atoms with E-state index in [1.54, 1.807) is 0 Å². The van der Waals surface area contributed by atoms with Crippen molar-refractivity contribution in [3.05, 3.63) is 22.2 Å². The second-order valence-corrected chi connectivity index (χ2v) is 5.71. The first-order chi connectivity index (χ1) is 7.99. The molecule has 4 heteroatoms. The minimum atomic E-state index is 0.0664. The number of nitrogens with one attached hydrogen (secondary N) is 1. The first-order valence-corrected chi connectivity index (χ1v) is 6.65. The molecular formula is C13H17BrN2O. The van der Waals surface area contributed by atoms with Gasteiger partial charge in [0, 0.05) is 10.4 Å². The topological polar surface area (TPSA) is 55.1 Å². The number of nitrogens with two attached hydrogens (primary N) is 1. The largest absolute Gasteiger partial charge is 0.397 e. The van der Waals surface area contributed by atoms with Gasteiger partial charge in [0.1, 0.15) is 0 Å². The molecule has 3 N–H and O–H groups in total. The Hall–Kier alpha value is -1.03. The van der Waals surface area contributed by atoms with Gasteiger partial charge in [0.05, 0.1) is 11.4 Å². The molecule has 1 aromatic carbocycles. The smallest absolute Gasteiger partial charge is 0.227 e. The second-order valence-electron chi connectivity index (χ2n) is 4.80. The van der Waals surface area contributed by atoms with Gasteiger partial charge in [-0.15, -0.1) is 0 Å². The summed E-state index contributed by atoms with van der Waals surface area (Å²) in [5, 5.41) is 2.92. The Morgan fingerprint density at radius 2 is 2.18 bits per heavy atom. The molecule has 0 aromatic heterocycles. The van der Waals surface area contributed by atoms with E-state index in [9.17, 15) is 4.79 Å². The molecule has 92 valence electrons. The van der Waals surface area contributed by atoms with Crippen molar-refractivity contribution in [2.24, 2.45) is 11.8 Å². The van der Waals surface area contributed by atoms with Crippen molar-refractivity contribution in [3.63, 3.8) is 0 Å². The molecule has 3 nitrogen and oxygen atoms in total. The number of aryl methyl sites for hydroxylation is 1. The Kier molecular flexibility index (Phi) is 3.43. The average molecular weight is 297 g/mol. The molecule has 1 amide bonds. The highest BCUT2D eigenvalue weighted by Gasteiger charge is 2.32. The van der Waals surface area contributed by atoms with Gasteiger partial charge in [-0.1, -0.05) is 22.9 Å². The lowest BCUT2D eigenvalue weighted by Gasteiger charge is -2.14. The number of halogens is 1. The summed E-state index contributed by atoms with van der Waals surface area (Å²) in [6.45, 7) is 3.91. The van der Waals surface area contributed by atoms with E-state index in [1.165, 1.54) is 12.8 Å². The van der Waals surface area contributed by atoms with E-state index in [0.29, 0.717) is 17.3 Å². The van der Waals surface area contributed by atoms with Gasteiger partial charge in [-0.05, 0) is 43.4 Å². The number of anilines is 2. The van der Waals surface area contributed by atoms with Gasteiger partial charge in [-0.3, -0.25) is 4.79 Å². The highest BCUT2D eigenvalue weighted by Crippen LogP contribution is 2.37. The minimum Gasteiger partial charge on any atom is -0.397 e. The van der Waals surface area contributed by atoms with Gasteiger partial charge in [0.15, 0.2) is 0 Å². The molecular weight excluding hydrogens is 280 g/mol. The zero-order chi connectivity index (χ0) is 12.6. The lowest BCUT2D eigenvalue weighted by Crippen LogP contribution is -2.22. The highest BCUT2D eigenvalue weighted by molar-refractivity contribution is 9.10. The van der Waals surface area contributed by atoms with Crippen LogP contribution in [0.2, 0.25) is 0 Å². The zero-order valence-electron chi connectivity index (χ0n) is 10.1. The first-order valence-electron chi connectivity index (χ1n) is 5.85. The van der Waals surface area contributed by atoms with Crippen LogP contribution in [-0.2, 0) is 4.79 Å². The molecule has 0 bridgehead atoms. The Morgan fingerprint density at radius 1 is 1.53 bits per heavy atom. The summed E-state index contributed by atoms with van der Waals surface area (Å²) < 4.78 is 0.929. The van der Waals surface area contributed by atoms with E-state index in [0.717, 1.165) is 10.0 Å². The molecule has 0 spiro atoms. The molecule has 1 fully saturated rings. The molecule has 1 atom stereocenters. The third kappa shape index (κ3) is 2.80. The zero-order valence-corrected chi connectivity index (χ0v) is 11.7. The van der Waals surface area contributed by atoms with Gasteiger partial charge < -0.3 is 11.1 Å². The van der Waals surface area contributed by atoms with Gasteiger partial charge in [0.25, 0.3) is 0 Å². The van der Waals surface area contributed by atoms with Crippen molar-refractivity contribution in [1.29, 1.82) is 0 Å². The van der Waals surface area contributed by atoms with Gasteiger partial charge in [-0.25, -0.2) is 0 Å². The molecule has 0 heterocycles. The lowest BCUT2D eigenvalue weighted by atomic mass is 10.1. The van der Waals surface area contributed by atoms with Crippen molar-refractivity contribution in [2.45, 2.75) is 26.7 Å². The molecule has 0 aliphatic heterocycles. The van der Waals surface area contributed by atoms with Crippen molar-refractivity contribution >= 4 is 33.2 Å². The summed E-state index contributed by atoms with van der Waals surface area (Å²) in [4.78, 5) is 12.0. The van der Waals surface area contributed by atoms with Crippen LogP contribution in [0.15, 0.2) is 16.6 Å². The molecule has 1 saturated carbocycles. The highest BCUT2D eigenvalue weighted by atomic mass is 79.9. The van der Waals surface area contributed by atoms with E-state index in [-0.39, 0.29) is 11.8 Å². The van der Waals surface area contributed by atoms with Crippen LogP contribution >= 0.6 is 15.9 Å². The number of carbonyl (C=O) groups excluding carboxylic acids is 1. The summed E-state index contributed by atoms with van der Waals surface area (Å²) in [5.74, 6) is 0.704. The van der Waals surface area contributed by atoms with Crippen LogP contribution in [0.5, 0.6) is 0 Å². The van der Waals surface area contributed by atoms with E-state index < -0.39 is 0 Å². The molecule has 1 aliphatic rings. The summed E-state index contributed by atoms with van der Waals surface area (Å²) in [6.07, 6.45) is 2.34. The lowest BCUT2D eigenvalue weighted by molar-refractivity contribution is -0.119. The predicted molar refractivity (Wildman–Crippen MR) is 73.8 cm³/mol. The Labute approximate surface area is 110 Å². The predicted octanol–water partition coefficient (Wildman–Crippen LogP) is 3.32. The quantitative estimate of drug-likeness (QED) is 0.841. The minimum absolute atomic E-state index is 0.0664. The molecule has 1 aliphatic carbocycles. The molecule has 1 aromatic rings. The molecule has 0 radical (unpaired) electrons. The van der Waals surface area contributed by atoms with E-state index in [1.807, 2.05) is 26.0 Å². The summed E-state index contributed by atoms with van der Waals surface area (Å²) >= 11 is 3.41. The number of rotatable bonds is 3. The van der Waals surface area contributed by atoms with Crippen molar-refractivity contribution in [3.8, 4) is 0 Å². The van der Waals surface area contributed by atoms with Crippen molar-refractivity contribution in [2.75, 3.05) is 11.1 Å². The molecule has 0 saturated heterocycles. The number of amides is 1. The van der Waals surface area contributed by atoms with Gasteiger partial charge in [0.2, 0.25) is 5.91 Å². The Bertz CT molecular complexity index is 455. The summed E-state index contributed by atoms with van der Waals surface area (Å²) in [7, 11) is 0. The average Bonchev–Trinajstić information content (AvgIpc) is 3.07. The second kappa shape index (κ2) is 4.69. The fraction of sp³-hybridized carbons (Fsp3) is 0.462. The van der Waals surface area contributed by atoms with Crippen LogP contribution in [0.1, 0.15) is 25.3 Å². The fourth-order valence-corrected chi connectivity index (χ4v) is 2.49. The number of hydrogen-bond acceptors (Lipinski definition) is 2. The van der Waals surface area contributed by atoms with E-state index >= 15 is 0 Å². The van der Waals surface area contributed by atoms with Crippen molar-refractivity contribution < 1.29 is 4.79 Å². The van der Waals surface area contributed by atoms with Gasteiger partial charge in [-0.2, -0.15) is 0 Å². The Balaban J connectivity index is 2.14. The molecule has 1 unspecified atom stereocenters. The summed E-state index contributed by atoms with van der Waals surface area (Å²) in [6, 6.07) is 3.79. The maximum Gasteiger partial charge on any atom is 0.227 e.